The number of rotatable bonds is 9. The van der Waals surface area contributed by atoms with Gasteiger partial charge in [0.15, 0.2) is 0 Å². The maximum Gasteiger partial charge on any atom is 0.323 e. The van der Waals surface area contributed by atoms with Crippen molar-refractivity contribution in [3.63, 3.8) is 0 Å². The first-order valence-electron chi connectivity index (χ1n) is 6.88. The molecule has 0 unspecified atom stereocenters. The molecule has 0 saturated carbocycles. The molecule has 0 fully saturated rings. The van der Waals surface area contributed by atoms with Crippen LogP contribution in [0.15, 0.2) is 0 Å². The standard InChI is InChI=1S/C13H25N3O4/c1-4-7-16(9-12(18)19)13(20)14-6-5-11(17)15-8-10(2)3/h10H,4-9H2,1-3H3,(H,14,20)(H,15,17)(H,18,19). The largest absolute Gasteiger partial charge is 0.480 e. The lowest BCUT2D eigenvalue weighted by atomic mass is 10.2. The molecule has 0 rings (SSSR count). The van der Waals surface area contributed by atoms with E-state index < -0.39 is 12.0 Å². The molecule has 0 aliphatic carbocycles. The van der Waals surface area contributed by atoms with Crippen LogP contribution in [-0.4, -0.2) is 54.1 Å². The summed E-state index contributed by atoms with van der Waals surface area (Å²) in [5.41, 5.74) is 0. The average molecular weight is 287 g/mol. The molecule has 0 spiro atoms. The molecule has 20 heavy (non-hydrogen) atoms. The Labute approximate surface area is 119 Å². The monoisotopic (exact) mass is 287 g/mol. The summed E-state index contributed by atoms with van der Waals surface area (Å²) < 4.78 is 0. The normalized spacial score (nSPS) is 10.2. The Morgan fingerprint density at radius 1 is 1.20 bits per heavy atom. The summed E-state index contributed by atoms with van der Waals surface area (Å²) in [7, 11) is 0. The van der Waals surface area contributed by atoms with Gasteiger partial charge in [0.05, 0.1) is 0 Å². The van der Waals surface area contributed by atoms with E-state index in [1.54, 1.807) is 0 Å². The average Bonchev–Trinajstić information content (AvgIpc) is 2.35. The molecule has 0 radical (unpaired) electrons. The molecule has 0 atom stereocenters. The minimum Gasteiger partial charge on any atom is -0.480 e. The van der Waals surface area contributed by atoms with Crippen molar-refractivity contribution in [3.05, 3.63) is 0 Å². The number of nitrogens with one attached hydrogen (secondary N) is 2. The molecule has 3 N–H and O–H groups in total. The van der Waals surface area contributed by atoms with Crippen molar-refractivity contribution in [1.82, 2.24) is 15.5 Å². The van der Waals surface area contributed by atoms with E-state index >= 15 is 0 Å². The molecule has 0 aromatic rings. The molecule has 0 aromatic carbocycles. The van der Waals surface area contributed by atoms with Crippen molar-refractivity contribution in [2.75, 3.05) is 26.2 Å². The Balaban J connectivity index is 3.99. The topological polar surface area (TPSA) is 98.7 Å². The summed E-state index contributed by atoms with van der Waals surface area (Å²) in [5, 5.41) is 14.0. The highest BCUT2D eigenvalue weighted by Gasteiger charge is 2.15. The summed E-state index contributed by atoms with van der Waals surface area (Å²) in [4.78, 5) is 35.0. The molecule has 0 aromatic heterocycles. The van der Waals surface area contributed by atoms with Gasteiger partial charge in [0.2, 0.25) is 5.91 Å². The Bertz CT molecular complexity index is 332. The Hall–Kier alpha value is -1.79. The van der Waals surface area contributed by atoms with Gasteiger partial charge in [-0.25, -0.2) is 4.79 Å². The number of carbonyl (C=O) groups excluding carboxylic acids is 2. The van der Waals surface area contributed by atoms with Gasteiger partial charge in [-0.3, -0.25) is 9.59 Å². The Kier molecular flexibility index (Phi) is 9.15. The fourth-order valence-electron chi connectivity index (χ4n) is 1.49. The quantitative estimate of drug-likeness (QED) is 0.580. The lowest BCUT2D eigenvalue weighted by Crippen LogP contribution is -2.44. The third-order valence-electron chi connectivity index (χ3n) is 2.44. The van der Waals surface area contributed by atoms with Gasteiger partial charge in [0.1, 0.15) is 6.54 Å². The van der Waals surface area contributed by atoms with Crippen molar-refractivity contribution >= 4 is 17.9 Å². The highest BCUT2D eigenvalue weighted by atomic mass is 16.4. The predicted octanol–water partition coefficient (Wildman–Crippen LogP) is 0.655. The Morgan fingerprint density at radius 2 is 1.85 bits per heavy atom. The van der Waals surface area contributed by atoms with Crippen LogP contribution in [0.1, 0.15) is 33.6 Å². The van der Waals surface area contributed by atoms with Gasteiger partial charge in [-0.15, -0.1) is 0 Å². The van der Waals surface area contributed by atoms with Gasteiger partial charge >= 0.3 is 12.0 Å². The van der Waals surface area contributed by atoms with Gasteiger partial charge in [0.25, 0.3) is 0 Å². The number of carboxylic acid groups (broad SMARTS) is 1. The van der Waals surface area contributed by atoms with Gasteiger partial charge in [-0.1, -0.05) is 20.8 Å². The number of urea groups is 1. The van der Waals surface area contributed by atoms with Crippen molar-refractivity contribution in [2.45, 2.75) is 33.6 Å². The predicted molar refractivity (Wildman–Crippen MR) is 75.4 cm³/mol. The minimum absolute atomic E-state index is 0.126. The number of carboxylic acids is 1. The Morgan fingerprint density at radius 3 is 2.35 bits per heavy atom. The van der Waals surface area contributed by atoms with Crippen LogP contribution in [-0.2, 0) is 9.59 Å². The van der Waals surface area contributed by atoms with Crippen LogP contribution < -0.4 is 10.6 Å². The summed E-state index contributed by atoms with van der Waals surface area (Å²) >= 11 is 0. The zero-order valence-corrected chi connectivity index (χ0v) is 12.4. The van der Waals surface area contributed by atoms with E-state index in [1.165, 1.54) is 4.90 Å². The molecule has 3 amide bonds. The molecule has 0 aliphatic rings. The number of hydrogen-bond acceptors (Lipinski definition) is 3. The maximum absolute atomic E-state index is 11.7. The number of aliphatic carboxylic acids is 1. The third-order valence-corrected chi connectivity index (χ3v) is 2.44. The first-order chi connectivity index (χ1) is 9.36. The summed E-state index contributed by atoms with van der Waals surface area (Å²) in [6, 6.07) is -0.453. The molecule has 0 bridgehead atoms. The first-order valence-corrected chi connectivity index (χ1v) is 6.88. The number of nitrogens with zero attached hydrogens (tertiary/aromatic N) is 1. The fraction of sp³-hybridized carbons (Fsp3) is 0.769. The van der Waals surface area contributed by atoms with E-state index in [-0.39, 0.29) is 25.4 Å². The minimum atomic E-state index is -1.05. The molecule has 7 nitrogen and oxygen atoms in total. The van der Waals surface area contributed by atoms with Crippen LogP contribution >= 0.6 is 0 Å². The lowest BCUT2D eigenvalue weighted by Gasteiger charge is -2.20. The maximum atomic E-state index is 11.7. The van der Waals surface area contributed by atoms with Crippen molar-refractivity contribution in [1.29, 1.82) is 0 Å². The number of amides is 3. The summed E-state index contributed by atoms with van der Waals surface area (Å²) in [5.74, 6) is -0.799. The SMILES string of the molecule is CCCN(CC(=O)O)C(=O)NCCC(=O)NCC(C)C. The van der Waals surface area contributed by atoms with Crippen molar-refractivity contribution in [3.8, 4) is 0 Å². The summed E-state index contributed by atoms with van der Waals surface area (Å²) in [6.07, 6.45) is 0.862. The molecular weight excluding hydrogens is 262 g/mol. The van der Waals surface area contributed by atoms with Crippen LogP contribution in [0.3, 0.4) is 0 Å². The van der Waals surface area contributed by atoms with E-state index in [0.29, 0.717) is 25.4 Å². The van der Waals surface area contributed by atoms with E-state index in [1.807, 2.05) is 20.8 Å². The molecule has 116 valence electrons. The van der Waals surface area contributed by atoms with Crippen molar-refractivity contribution < 1.29 is 19.5 Å². The first kappa shape index (κ1) is 18.2. The molecule has 0 saturated heterocycles. The molecular formula is C13H25N3O4. The highest BCUT2D eigenvalue weighted by molar-refractivity contribution is 5.81. The van der Waals surface area contributed by atoms with Gasteiger partial charge in [-0.2, -0.15) is 0 Å². The summed E-state index contributed by atoms with van der Waals surface area (Å²) in [6.45, 7) is 6.70. The van der Waals surface area contributed by atoms with Crippen LogP contribution in [0.2, 0.25) is 0 Å². The fourth-order valence-corrected chi connectivity index (χ4v) is 1.49. The molecule has 0 aliphatic heterocycles. The van der Waals surface area contributed by atoms with Crippen molar-refractivity contribution in [2.24, 2.45) is 5.92 Å². The number of carbonyl (C=O) groups is 3. The smallest absolute Gasteiger partial charge is 0.323 e. The van der Waals surface area contributed by atoms with Crippen LogP contribution in [0, 0.1) is 5.92 Å². The second-order valence-electron chi connectivity index (χ2n) is 5.00. The second kappa shape index (κ2) is 10.1. The zero-order valence-electron chi connectivity index (χ0n) is 12.4. The van der Waals surface area contributed by atoms with Gasteiger partial charge < -0.3 is 20.6 Å². The third kappa shape index (κ3) is 9.18. The van der Waals surface area contributed by atoms with E-state index in [2.05, 4.69) is 10.6 Å². The molecule has 7 heteroatoms. The van der Waals surface area contributed by atoms with E-state index in [0.717, 1.165) is 0 Å². The van der Waals surface area contributed by atoms with Crippen LogP contribution in [0.5, 0.6) is 0 Å². The van der Waals surface area contributed by atoms with Gasteiger partial charge in [0, 0.05) is 26.1 Å². The van der Waals surface area contributed by atoms with Gasteiger partial charge in [-0.05, 0) is 12.3 Å². The van der Waals surface area contributed by atoms with Crippen LogP contribution in [0.4, 0.5) is 4.79 Å². The number of hydrogen-bond donors (Lipinski definition) is 3. The lowest BCUT2D eigenvalue weighted by molar-refractivity contribution is -0.137. The van der Waals surface area contributed by atoms with E-state index in [9.17, 15) is 14.4 Å². The zero-order chi connectivity index (χ0) is 15.5. The highest BCUT2D eigenvalue weighted by Crippen LogP contribution is 1.93. The second-order valence-corrected chi connectivity index (χ2v) is 5.00. The molecule has 0 heterocycles. The van der Waals surface area contributed by atoms with Crippen LogP contribution in [0.25, 0.3) is 0 Å². The van der Waals surface area contributed by atoms with E-state index in [4.69, 9.17) is 5.11 Å².